The number of hydrogen-bond donors (Lipinski definition) is 2. The van der Waals surface area contributed by atoms with Crippen molar-refractivity contribution in [2.24, 2.45) is 5.41 Å². The summed E-state index contributed by atoms with van der Waals surface area (Å²) in [6.07, 6.45) is 2.95. The molecule has 6 heteroatoms. The molecule has 1 heterocycles. The number of carboxylic acids is 1. The summed E-state index contributed by atoms with van der Waals surface area (Å²) in [5.74, 6) is -0.828. The van der Waals surface area contributed by atoms with Gasteiger partial charge in [0.1, 0.15) is 0 Å². The number of carboxylic acid groups (broad SMARTS) is 1. The van der Waals surface area contributed by atoms with Crippen molar-refractivity contribution >= 4 is 12.0 Å². The number of aliphatic carboxylic acids is 1. The van der Waals surface area contributed by atoms with Crippen LogP contribution in [0, 0.1) is 5.41 Å². The summed E-state index contributed by atoms with van der Waals surface area (Å²) in [4.78, 5) is 28.9. The molecule has 1 saturated carbocycles. The second-order valence-electron chi connectivity index (χ2n) is 5.08. The number of urea groups is 1. The van der Waals surface area contributed by atoms with Crippen LogP contribution in [0.15, 0.2) is 24.4 Å². The van der Waals surface area contributed by atoms with Crippen LogP contribution in [0.2, 0.25) is 0 Å². The summed E-state index contributed by atoms with van der Waals surface area (Å²) in [5.41, 5.74) is 0.0731. The Morgan fingerprint density at radius 2 is 2.20 bits per heavy atom. The molecular formula is C14H19N3O3. The van der Waals surface area contributed by atoms with Gasteiger partial charge in [0, 0.05) is 19.3 Å². The molecule has 0 aromatic carbocycles. The van der Waals surface area contributed by atoms with Crippen molar-refractivity contribution in [1.82, 2.24) is 15.2 Å². The lowest BCUT2D eigenvalue weighted by atomic mass is 10.1. The van der Waals surface area contributed by atoms with Crippen LogP contribution < -0.4 is 5.32 Å². The maximum Gasteiger partial charge on any atom is 0.317 e. The Labute approximate surface area is 117 Å². The van der Waals surface area contributed by atoms with E-state index in [2.05, 4.69) is 10.3 Å². The van der Waals surface area contributed by atoms with E-state index < -0.39 is 11.4 Å². The number of hydrogen-bond acceptors (Lipinski definition) is 3. The quantitative estimate of drug-likeness (QED) is 0.825. The summed E-state index contributed by atoms with van der Waals surface area (Å²) < 4.78 is 0. The van der Waals surface area contributed by atoms with Gasteiger partial charge < -0.3 is 15.3 Å². The van der Waals surface area contributed by atoms with Crippen LogP contribution in [0.5, 0.6) is 0 Å². The monoisotopic (exact) mass is 277 g/mol. The molecule has 6 nitrogen and oxygen atoms in total. The molecule has 0 unspecified atom stereocenters. The topological polar surface area (TPSA) is 82.5 Å². The Kier molecular flexibility index (Phi) is 4.22. The second-order valence-corrected chi connectivity index (χ2v) is 5.08. The van der Waals surface area contributed by atoms with Crippen molar-refractivity contribution in [3.8, 4) is 0 Å². The van der Waals surface area contributed by atoms with Crippen molar-refractivity contribution < 1.29 is 14.7 Å². The summed E-state index contributed by atoms with van der Waals surface area (Å²) >= 11 is 0. The fraction of sp³-hybridized carbons (Fsp3) is 0.500. The van der Waals surface area contributed by atoms with E-state index in [-0.39, 0.29) is 12.6 Å². The van der Waals surface area contributed by atoms with Crippen LogP contribution in [-0.2, 0) is 11.3 Å². The molecule has 0 spiro atoms. The molecule has 2 amide bonds. The minimum absolute atomic E-state index is 0.194. The van der Waals surface area contributed by atoms with Crippen molar-refractivity contribution in [2.45, 2.75) is 26.3 Å². The van der Waals surface area contributed by atoms with Crippen molar-refractivity contribution in [3.63, 3.8) is 0 Å². The molecule has 1 fully saturated rings. The number of amides is 2. The first-order valence-electron chi connectivity index (χ1n) is 6.73. The van der Waals surface area contributed by atoms with Crippen LogP contribution in [0.4, 0.5) is 4.79 Å². The number of nitrogens with one attached hydrogen (secondary N) is 1. The highest BCUT2D eigenvalue weighted by Crippen LogP contribution is 2.45. The fourth-order valence-electron chi connectivity index (χ4n) is 1.99. The summed E-state index contributed by atoms with van der Waals surface area (Å²) in [6, 6.07) is 5.31. The van der Waals surface area contributed by atoms with E-state index in [0.29, 0.717) is 25.9 Å². The Balaban J connectivity index is 1.88. The predicted octanol–water partition coefficient (Wildman–Crippen LogP) is 1.48. The van der Waals surface area contributed by atoms with Crippen LogP contribution in [0.25, 0.3) is 0 Å². The Bertz CT molecular complexity index is 486. The zero-order chi connectivity index (χ0) is 14.6. The molecule has 1 aromatic heterocycles. The van der Waals surface area contributed by atoms with Gasteiger partial charge in [-0.25, -0.2) is 4.79 Å². The van der Waals surface area contributed by atoms with E-state index in [1.807, 2.05) is 25.1 Å². The molecule has 2 rings (SSSR count). The van der Waals surface area contributed by atoms with E-state index in [1.54, 1.807) is 11.1 Å². The number of carbonyl (C=O) groups excluding carboxylic acids is 1. The van der Waals surface area contributed by atoms with Gasteiger partial charge in [-0.3, -0.25) is 9.78 Å². The highest BCUT2D eigenvalue weighted by Gasteiger charge is 2.50. The van der Waals surface area contributed by atoms with Gasteiger partial charge in [0.15, 0.2) is 0 Å². The fourth-order valence-corrected chi connectivity index (χ4v) is 1.99. The molecule has 1 aromatic rings. The first kappa shape index (κ1) is 14.3. The van der Waals surface area contributed by atoms with Gasteiger partial charge in [0.2, 0.25) is 0 Å². The summed E-state index contributed by atoms with van der Waals surface area (Å²) in [5, 5.41) is 11.8. The van der Waals surface area contributed by atoms with Crippen molar-refractivity contribution in [3.05, 3.63) is 30.1 Å². The van der Waals surface area contributed by atoms with Gasteiger partial charge in [-0.1, -0.05) is 6.07 Å². The van der Waals surface area contributed by atoms with Gasteiger partial charge in [-0.05, 0) is 31.9 Å². The zero-order valence-electron chi connectivity index (χ0n) is 11.5. The number of nitrogens with zero attached hydrogens (tertiary/aromatic N) is 2. The molecule has 20 heavy (non-hydrogen) atoms. The van der Waals surface area contributed by atoms with E-state index >= 15 is 0 Å². The van der Waals surface area contributed by atoms with Crippen molar-refractivity contribution in [2.75, 3.05) is 13.1 Å². The van der Waals surface area contributed by atoms with Crippen molar-refractivity contribution in [1.29, 1.82) is 0 Å². The number of pyridine rings is 1. The van der Waals surface area contributed by atoms with Gasteiger partial charge >= 0.3 is 12.0 Å². The smallest absolute Gasteiger partial charge is 0.317 e. The molecule has 1 aliphatic carbocycles. The number of carbonyl (C=O) groups is 2. The second kappa shape index (κ2) is 5.90. The van der Waals surface area contributed by atoms with Gasteiger partial charge in [-0.15, -0.1) is 0 Å². The first-order valence-corrected chi connectivity index (χ1v) is 6.73. The maximum absolute atomic E-state index is 12.1. The third-order valence-corrected chi connectivity index (χ3v) is 3.63. The third-order valence-electron chi connectivity index (χ3n) is 3.63. The minimum atomic E-state index is -0.828. The predicted molar refractivity (Wildman–Crippen MR) is 73.0 cm³/mol. The van der Waals surface area contributed by atoms with Gasteiger partial charge in [0.05, 0.1) is 17.7 Å². The van der Waals surface area contributed by atoms with Crippen LogP contribution in [-0.4, -0.2) is 40.1 Å². The van der Waals surface area contributed by atoms with E-state index in [0.717, 1.165) is 5.69 Å². The lowest BCUT2D eigenvalue weighted by molar-refractivity contribution is -0.143. The number of rotatable bonds is 6. The van der Waals surface area contributed by atoms with Crippen LogP contribution >= 0.6 is 0 Å². The average Bonchev–Trinajstić information content (AvgIpc) is 3.24. The summed E-state index contributed by atoms with van der Waals surface area (Å²) in [7, 11) is 0. The molecule has 0 atom stereocenters. The lowest BCUT2D eigenvalue weighted by Gasteiger charge is -2.22. The molecular weight excluding hydrogens is 258 g/mol. The van der Waals surface area contributed by atoms with E-state index in [9.17, 15) is 9.59 Å². The summed E-state index contributed by atoms with van der Waals surface area (Å²) in [6.45, 7) is 3.04. The van der Waals surface area contributed by atoms with Crippen LogP contribution in [0.1, 0.15) is 25.5 Å². The Hall–Kier alpha value is -2.11. The minimum Gasteiger partial charge on any atom is -0.481 e. The zero-order valence-corrected chi connectivity index (χ0v) is 11.5. The van der Waals surface area contributed by atoms with E-state index in [1.165, 1.54) is 0 Å². The molecule has 0 aliphatic heterocycles. The molecule has 0 saturated heterocycles. The molecule has 108 valence electrons. The molecule has 0 bridgehead atoms. The highest BCUT2D eigenvalue weighted by atomic mass is 16.4. The highest BCUT2D eigenvalue weighted by molar-refractivity contribution is 5.80. The molecule has 0 radical (unpaired) electrons. The molecule has 2 N–H and O–H groups in total. The van der Waals surface area contributed by atoms with Gasteiger partial charge in [0.25, 0.3) is 0 Å². The van der Waals surface area contributed by atoms with E-state index in [4.69, 9.17) is 5.11 Å². The Morgan fingerprint density at radius 1 is 1.45 bits per heavy atom. The van der Waals surface area contributed by atoms with Crippen LogP contribution in [0.3, 0.4) is 0 Å². The third kappa shape index (κ3) is 3.26. The average molecular weight is 277 g/mol. The SMILES string of the molecule is CCN(Cc1ccccn1)C(=O)NCC1(C(=O)O)CC1. The standard InChI is InChI=1S/C14H19N3O3/c1-2-17(9-11-5-3-4-8-15-11)13(20)16-10-14(6-7-14)12(18)19/h3-5,8H,2,6-7,9-10H2,1H3,(H,16,20)(H,18,19). The first-order chi connectivity index (χ1) is 9.57. The Morgan fingerprint density at radius 3 is 2.70 bits per heavy atom. The van der Waals surface area contributed by atoms with Gasteiger partial charge in [-0.2, -0.15) is 0 Å². The number of aromatic nitrogens is 1. The largest absolute Gasteiger partial charge is 0.481 e. The lowest BCUT2D eigenvalue weighted by Crippen LogP contribution is -2.43. The maximum atomic E-state index is 12.1. The molecule has 1 aliphatic rings. The normalized spacial score (nSPS) is 15.4.